The Bertz CT molecular complexity index is 573. The number of rotatable bonds is 3. The van der Waals surface area contributed by atoms with Crippen LogP contribution in [-0.4, -0.2) is 21.4 Å². The molecule has 3 N–H and O–H groups in total. The van der Waals surface area contributed by atoms with Gasteiger partial charge in [0.2, 0.25) is 0 Å². The van der Waals surface area contributed by atoms with Crippen molar-refractivity contribution in [3.8, 4) is 0 Å². The third kappa shape index (κ3) is 3.13. The largest absolute Gasteiger partial charge is 0.370 e. The Kier molecular flexibility index (Phi) is 3.72. The molecule has 2 aromatic heterocycles. The Labute approximate surface area is 111 Å². The third-order valence-corrected chi connectivity index (χ3v) is 2.54. The van der Waals surface area contributed by atoms with Crippen LogP contribution in [0.3, 0.4) is 0 Å². The zero-order valence-corrected chi connectivity index (χ0v) is 11.1. The molecule has 0 amide bonds. The minimum atomic E-state index is 0.272. The zero-order valence-electron chi connectivity index (χ0n) is 10.4. The third-order valence-electron chi connectivity index (χ3n) is 2.31. The summed E-state index contributed by atoms with van der Waals surface area (Å²) in [5, 5.41) is 3.70. The van der Waals surface area contributed by atoms with Crippen LogP contribution >= 0.6 is 11.6 Å². The summed E-state index contributed by atoms with van der Waals surface area (Å²) in [7, 11) is 0. The van der Waals surface area contributed by atoms with Gasteiger partial charge in [0.15, 0.2) is 5.96 Å². The lowest BCUT2D eigenvalue weighted by atomic mass is 10.4. The lowest BCUT2D eigenvalue weighted by molar-refractivity contribution is 0.723. The summed E-state index contributed by atoms with van der Waals surface area (Å²) >= 11 is 5.91. The molecule has 5 nitrogen and oxygen atoms in total. The number of halogens is 1. The van der Waals surface area contributed by atoms with Gasteiger partial charge >= 0.3 is 0 Å². The van der Waals surface area contributed by atoms with Gasteiger partial charge in [-0.15, -0.1) is 0 Å². The molecule has 96 valence electrons. The molecule has 0 aliphatic rings. The fourth-order valence-corrected chi connectivity index (χ4v) is 1.77. The van der Waals surface area contributed by atoms with Crippen LogP contribution in [0.15, 0.2) is 29.5 Å². The minimum absolute atomic E-state index is 0.272. The van der Waals surface area contributed by atoms with Crippen LogP contribution in [0.5, 0.6) is 0 Å². The normalized spacial score (nSPS) is 12.3. The van der Waals surface area contributed by atoms with Gasteiger partial charge in [-0.05, 0) is 26.0 Å². The first-order chi connectivity index (χ1) is 8.54. The van der Waals surface area contributed by atoms with Gasteiger partial charge in [-0.3, -0.25) is 0 Å². The zero-order chi connectivity index (χ0) is 13.1. The fourth-order valence-electron chi connectivity index (χ4n) is 1.60. The van der Waals surface area contributed by atoms with Crippen LogP contribution in [0.1, 0.15) is 19.5 Å². The van der Waals surface area contributed by atoms with Crippen molar-refractivity contribution in [2.45, 2.75) is 26.4 Å². The molecule has 0 spiro atoms. The van der Waals surface area contributed by atoms with Gasteiger partial charge in [0.25, 0.3) is 0 Å². The van der Waals surface area contributed by atoms with E-state index in [1.807, 2.05) is 42.8 Å². The summed E-state index contributed by atoms with van der Waals surface area (Å²) in [6.07, 6.45) is 3.71. The lowest BCUT2D eigenvalue weighted by Crippen LogP contribution is -2.36. The van der Waals surface area contributed by atoms with E-state index in [4.69, 9.17) is 17.3 Å². The molecule has 0 aliphatic heterocycles. The van der Waals surface area contributed by atoms with Crippen molar-refractivity contribution in [2.24, 2.45) is 10.7 Å². The highest BCUT2D eigenvalue weighted by Crippen LogP contribution is 2.12. The van der Waals surface area contributed by atoms with Crippen molar-refractivity contribution in [3.05, 3.63) is 35.2 Å². The van der Waals surface area contributed by atoms with Crippen molar-refractivity contribution < 1.29 is 0 Å². The Morgan fingerprint density at radius 3 is 3.00 bits per heavy atom. The molecule has 0 saturated heterocycles. The van der Waals surface area contributed by atoms with Gasteiger partial charge in [-0.1, -0.05) is 11.6 Å². The molecule has 0 fully saturated rings. The number of aromatic nitrogens is 2. The summed E-state index contributed by atoms with van der Waals surface area (Å²) < 4.78 is 1.87. The summed E-state index contributed by atoms with van der Waals surface area (Å²) in [6, 6.07) is 3.95. The smallest absolute Gasteiger partial charge is 0.189 e. The highest BCUT2D eigenvalue weighted by atomic mass is 35.5. The van der Waals surface area contributed by atoms with Crippen LogP contribution < -0.4 is 11.1 Å². The van der Waals surface area contributed by atoms with Crippen LogP contribution in [0.4, 0.5) is 0 Å². The van der Waals surface area contributed by atoms with Crippen LogP contribution in [0, 0.1) is 0 Å². The van der Waals surface area contributed by atoms with Gasteiger partial charge in [-0.2, -0.15) is 0 Å². The van der Waals surface area contributed by atoms with E-state index in [0.29, 0.717) is 17.5 Å². The Morgan fingerprint density at radius 2 is 2.28 bits per heavy atom. The number of aliphatic imine (C=N–C) groups is 1. The predicted octanol–water partition coefficient (Wildman–Crippen LogP) is 1.80. The van der Waals surface area contributed by atoms with Crippen molar-refractivity contribution in [3.63, 3.8) is 0 Å². The average Bonchev–Trinajstić information content (AvgIpc) is 2.67. The number of hydrogen-bond acceptors (Lipinski definition) is 2. The van der Waals surface area contributed by atoms with E-state index < -0.39 is 0 Å². The number of nitrogens with two attached hydrogens (primary N) is 1. The molecule has 2 heterocycles. The van der Waals surface area contributed by atoms with Crippen molar-refractivity contribution >= 4 is 23.2 Å². The molecule has 0 radical (unpaired) electrons. The molecular formula is C12H16ClN5. The van der Waals surface area contributed by atoms with Crippen LogP contribution in [0.25, 0.3) is 5.65 Å². The first-order valence-electron chi connectivity index (χ1n) is 5.74. The van der Waals surface area contributed by atoms with Gasteiger partial charge in [0.1, 0.15) is 5.65 Å². The van der Waals surface area contributed by atoms with E-state index in [0.717, 1.165) is 11.3 Å². The molecule has 2 rings (SSSR count). The summed E-state index contributed by atoms with van der Waals surface area (Å²) in [6.45, 7) is 4.47. The predicted molar refractivity (Wildman–Crippen MR) is 73.8 cm³/mol. The molecule has 0 saturated carbocycles. The van der Waals surface area contributed by atoms with Gasteiger partial charge in [-0.25, -0.2) is 9.98 Å². The number of guanidine groups is 1. The number of hydrogen-bond donors (Lipinski definition) is 2. The number of pyridine rings is 1. The van der Waals surface area contributed by atoms with E-state index in [-0.39, 0.29) is 6.04 Å². The first kappa shape index (κ1) is 12.7. The number of fused-ring (bicyclic) bond motifs is 1. The van der Waals surface area contributed by atoms with Crippen LogP contribution in [-0.2, 0) is 6.54 Å². The molecule has 18 heavy (non-hydrogen) atoms. The fraction of sp³-hybridized carbons (Fsp3) is 0.333. The second-order valence-corrected chi connectivity index (χ2v) is 4.78. The topological polar surface area (TPSA) is 67.7 Å². The molecule has 0 unspecified atom stereocenters. The SMILES string of the molecule is CC(C)NC(N)=NCc1cn2cc(Cl)ccc2n1. The first-order valence-corrected chi connectivity index (χ1v) is 6.12. The summed E-state index contributed by atoms with van der Waals surface area (Å²) in [4.78, 5) is 8.65. The van der Waals surface area contributed by atoms with E-state index in [2.05, 4.69) is 15.3 Å². The van der Waals surface area contributed by atoms with Crippen molar-refractivity contribution in [1.29, 1.82) is 0 Å². The standard InChI is InChI=1S/C12H16ClN5/c1-8(2)16-12(14)15-5-10-7-18-6-9(13)3-4-11(18)17-10/h3-4,6-8H,5H2,1-2H3,(H3,14,15,16). The maximum Gasteiger partial charge on any atom is 0.189 e. The van der Waals surface area contributed by atoms with E-state index in [1.165, 1.54) is 0 Å². The summed E-state index contributed by atoms with van der Waals surface area (Å²) in [5.74, 6) is 0.431. The Balaban J connectivity index is 2.12. The monoisotopic (exact) mass is 265 g/mol. The van der Waals surface area contributed by atoms with E-state index in [1.54, 1.807) is 0 Å². The molecule has 0 aromatic carbocycles. The van der Waals surface area contributed by atoms with Crippen LogP contribution in [0.2, 0.25) is 5.02 Å². The minimum Gasteiger partial charge on any atom is -0.370 e. The summed E-state index contributed by atoms with van der Waals surface area (Å²) in [5.41, 5.74) is 7.42. The van der Waals surface area contributed by atoms with Gasteiger partial charge < -0.3 is 15.5 Å². The molecular weight excluding hydrogens is 250 g/mol. The second-order valence-electron chi connectivity index (χ2n) is 4.35. The Hall–Kier alpha value is -1.75. The van der Waals surface area contributed by atoms with Gasteiger partial charge in [0.05, 0.1) is 17.3 Å². The molecule has 6 heteroatoms. The highest BCUT2D eigenvalue weighted by Gasteiger charge is 2.02. The van der Waals surface area contributed by atoms with E-state index >= 15 is 0 Å². The Morgan fingerprint density at radius 1 is 1.50 bits per heavy atom. The number of nitrogens with one attached hydrogen (secondary N) is 1. The second kappa shape index (κ2) is 5.27. The average molecular weight is 266 g/mol. The molecule has 0 bridgehead atoms. The molecule has 0 atom stereocenters. The highest BCUT2D eigenvalue weighted by molar-refractivity contribution is 6.30. The quantitative estimate of drug-likeness (QED) is 0.657. The molecule has 0 aliphatic carbocycles. The molecule has 2 aromatic rings. The number of nitrogens with zero attached hydrogens (tertiary/aromatic N) is 3. The van der Waals surface area contributed by atoms with Gasteiger partial charge in [0, 0.05) is 18.4 Å². The lowest BCUT2D eigenvalue weighted by Gasteiger charge is -2.07. The number of imidazole rings is 1. The van der Waals surface area contributed by atoms with E-state index in [9.17, 15) is 0 Å². The van der Waals surface area contributed by atoms with Crippen molar-refractivity contribution in [2.75, 3.05) is 0 Å². The maximum atomic E-state index is 5.91. The van der Waals surface area contributed by atoms with Crippen molar-refractivity contribution in [1.82, 2.24) is 14.7 Å². The maximum absolute atomic E-state index is 5.91.